The number of fused-ring (bicyclic) bond motifs is 2. The summed E-state index contributed by atoms with van der Waals surface area (Å²) in [6, 6.07) is 25.3. The smallest absolute Gasteiger partial charge is 0.109 e. The van der Waals surface area contributed by atoms with Crippen molar-refractivity contribution in [3.05, 3.63) is 112 Å². The molecule has 1 aliphatic heterocycles. The maximum Gasteiger partial charge on any atom is 0.109 e. The van der Waals surface area contributed by atoms with Gasteiger partial charge in [-0.05, 0) is 81.7 Å². The van der Waals surface area contributed by atoms with E-state index in [2.05, 4.69) is 101 Å². The molecule has 1 aliphatic carbocycles. The summed E-state index contributed by atoms with van der Waals surface area (Å²) in [5.74, 6) is 0. The Morgan fingerprint density at radius 1 is 1.00 bits per heavy atom. The third kappa shape index (κ3) is 6.43. The molecule has 3 aromatic carbocycles. The fraction of sp³-hybridized carbons (Fsp3) is 0.368. The number of rotatable bonds is 7. The second-order valence-electron chi connectivity index (χ2n) is 13.8. The number of pyridine rings is 1. The summed E-state index contributed by atoms with van der Waals surface area (Å²) in [4.78, 5) is 7.15. The molecular formula is C38H41ClN8. The number of nitrogens with one attached hydrogen (secondary N) is 2. The molecule has 2 aliphatic rings. The zero-order valence-corrected chi connectivity index (χ0v) is 28.0. The molecule has 8 nitrogen and oxygen atoms in total. The van der Waals surface area contributed by atoms with Crippen molar-refractivity contribution in [2.24, 2.45) is 0 Å². The van der Waals surface area contributed by atoms with E-state index >= 15 is 0 Å². The summed E-state index contributed by atoms with van der Waals surface area (Å²) < 4.78 is 2.05. The minimum atomic E-state index is -0.262. The van der Waals surface area contributed by atoms with Crippen LogP contribution in [0.5, 0.6) is 0 Å². The summed E-state index contributed by atoms with van der Waals surface area (Å²) in [6.45, 7) is 8.92. The van der Waals surface area contributed by atoms with Crippen molar-refractivity contribution in [2.75, 3.05) is 23.7 Å². The quantitative estimate of drug-likeness (QED) is 0.183. The van der Waals surface area contributed by atoms with Gasteiger partial charge in [0.2, 0.25) is 0 Å². The molecule has 0 saturated carbocycles. The van der Waals surface area contributed by atoms with Crippen molar-refractivity contribution in [3.8, 4) is 6.07 Å². The van der Waals surface area contributed by atoms with E-state index in [9.17, 15) is 5.26 Å². The number of likely N-dealkylation sites (tertiary alicyclic amines) is 1. The van der Waals surface area contributed by atoms with E-state index in [1.807, 2.05) is 28.9 Å². The van der Waals surface area contributed by atoms with E-state index in [0.717, 1.165) is 73.2 Å². The molecule has 1 fully saturated rings. The first-order valence-electron chi connectivity index (χ1n) is 16.6. The van der Waals surface area contributed by atoms with E-state index in [1.54, 1.807) is 6.20 Å². The van der Waals surface area contributed by atoms with Crippen LogP contribution in [0.4, 0.5) is 11.4 Å². The number of hydrogen-bond acceptors (Lipinski definition) is 7. The van der Waals surface area contributed by atoms with Crippen LogP contribution in [0.1, 0.15) is 92.5 Å². The lowest BCUT2D eigenvalue weighted by atomic mass is 9.87. The van der Waals surface area contributed by atoms with E-state index in [0.29, 0.717) is 22.1 Å². The van der Waals surface area contributed by atoms with Crippen LogP contribution < -0.4 is 10.6 Å². The van der Waals surface area contributed by atoms with Crippen LogP contribution in [-0.2, 0) is 6.42 Å². The molecular weight excluding hydrogens is 604 g/mol. The number of nitriles is 1. The van der Waals surface area contributed by atoms with Gasteiger partial charge in [-0.2, -0.15) is 5.26 Å². The monoisotopic (exact) mass is 644 g/mol. The summed E-state index contributed by atoms with van der Waals surface area (Å²) in [5.41, 5.74) is 7.44. The molecule has 0 bridgehead atoms. The first-order valence-corrected chi connectivity index (χ1v) is 17.0. The van der Waals surface area contributed by atoms with E-state index < -0.39 is 0 Å². The minimum Gasteiger partial charge on any atom is -0.377 e. The van der Waals surface area contributed by atoms with Gasteiger partial charge < -0.3 is 10.6 Å². The van der Waals surface area contributed by atoms with Crippen molar-refractivity contribution in [1.29, 1.82) is 5.26 Å². The maximum absolute atomic E-state index is 10.1. The Labute approximate surface area is 281 Å². The number of nitrogens with zero attached hydrogens (tertiary/aromatic N) is 6. The second kappa shape index (κ2) is 13.0. The summed E-state index contributed by atoms with van der Waals surface area (Å²) in [5, 5.41) is 28.3. The summed E-state index contributed by atoms with van der Waals surface area (Å²) in [7, 11) is 0. The highest BCUT2D eigenvalue weighted by molar-refractivity contribution is 6.35. The van der Waals surface area contributed by atoms with Crippen LogP contribution in [-0.4, -0.2) is 43.5 Å². The van der Waals surface area contributed by atoms with Crippen molar-refractivity contribution >= 4 is 33.9 Å². The number of aryl methyl sites for hydroxylation is 1. The first-order chi connectivity index (χ1) is 22.8. The molecule has 0 amide bonds. The van der Waals surface area contributed by atoms with Crippen LogP contribution in [0.2, 0.25) is 5.02 Å². The van der Waals surface area contributed by atoms with Gasteiger partial charge >= 0.3 is 0 Å². The van der Waals surface area contributed by atoms with Gasteiger partial charge in [-0.3, -0.25) is 9.88 Å². The highest BCUT2D eigenvalue weighted by atomic mass is 35.5. The average molecular weight is 645 g/mol. The number of halogens is 1. The molecule has 2 aromatic heterocycles. The molecule has 7 rings (SSSR count). The van der Waals surface area contributed by atoms with Gasteiger partial charge in [0.25, 0.3) is 0 Å². The molecule has 240 valence electrons. The molecule has 9 heteroatoms. The van der Waals surface area contributed by atoms with Crippen molar-refractivity contribution in [2.45, 2.75) is 76.5 Å². The Bertz CT molecular complexity index is 1910. The lowest BCUT2D eigenvalue weighted by molar-refractivity contribution is 0.0866. The Morgan fingerprint density at radius 3 is 2.53 bits per heavy atom. The van der Waals surface area contributed by atoms with Crippen LogP contribution in [0.3, 0.4) is 0 Å². The maximum atomic E-state index is 10.1. The topological polar surface area (TPSA) is 94.7 Å². The second-order valence-corrected chi connectivity index (χ2v) is 14.2. The molecule has 5 aromatic rings. The SMILES string of the molecule is CC(C)(C)N1CCC(n2cc(C(Nc3cc(Cl)c4ncc(C#N)c(N[C@@H]5CCCc6ccccc65)c4c3)c3ccccc3)nn2)CC1. The lowest BCUT2D eigenvalue weighted by Crippen LogP contribution is -2.46. The Balaban J connectivity index is 1.22. The van der Waals surface area contributed by atoms with Crippen molar-refractivity contribution in [1.82, 2.24) is 24.9 Å². The van der Waals surface area contributed by atoms with Gasteiger partial charge in [0.15, 0.2) is 0 Å². The Hall–Kier alpha value is -4.45. The molecule has 2 atom stereocenters. The van der Waals surface area contributed by atoms with E-state index in [-0.39, 0.29) is 17.6 Å². The molecule has 3 heterocycles. The number of piperidine rings is 1. The normalized spacial score (nSPS) is 18.0. The lowest BCUT2D eigenvalue weighted by Gasteiger charge is -2.40. The van der Waals surface area contributed by atoms with Gasteiger partial charge in [0.05, 0.1) is 46.1 Å². The third-order valence-electron chi connectivity index (χ3n) is 9.79. The highest BCUT2D eigenvalue weighted by Crippen LogP contribution is 2.39. The third-order valence-corrected chi connectivity index (χ3v) is 10.1. The zero-order chi connectivity index (χ0) is 32.5. The standard InChI is InChI=1S/C38H41ClN8/c1-38(2,3)46-18-16-29(17-19-46)47-24-34(44-45-47)36(26-11-5-4-6-12-26)42-28-20-31-35(27(22-40)23-41-37(31)32(39)21-28)43-33-15-9-13-25-10-7-8-14-30(25)33/h4-8,10-12,14,20-21,23-24,29,33,36,42H,9,13,15-19H2,1-3H3,(H,41,43)/t33-,36?/m1/s1. The largest absolute Gasteiger partial charge is 0.377 e. The number of benzene rings is 3. The molecule has 1 unspecified atom stereocenters. The molecule has 47 heavy (non-hydrogen) atoms. The van der Waals surface area contributed by atoms with E-state index in [1.165, 1.54) is 11.1 Å². The number of anilines is 2. The van der Waals surface area contributed by atoms with Gasteiger partial charge in [0.1, 0.15) is 11.8 Å². The van der Waals surface area contributed by atoms with Crippen molar-refractivity contribution < 1.29 is 0 Å². The molecule has 1 saturated heterocycles. The predicted molar refractivity (Wildman–Crippen MR) is 189 cm³/mol. The molecule has 2 N–H and O–H groups in total. The first kappa shape index (κ1) is 31.2. The van der Waals surface area contributed by atoms with Crippen LogP contribution in [0, 0.1) is 11.3 Å². The van der Waals surface area contributed by atoms with Crippen LogP contribution in [0.25, 0.3) is 10.9 Å². The summed E-state index contributed by atoms with van der Waals surface area (Å²) in [6.07, 6.45) is 8.93. The van der Waals surface area contributed by atoms with Gasteiger partial charge in [0, 0.05) is 35.9 Å². The minimum absolute atomic E-state index is 0.0930. The Kier molecular flexibility index (Phi) is 8.61. The average Bonchev–Trinajstić information content (AvgIpc) is 3.58. The van der Waals surface area contributed by atoms with Crippen molar-refractivity contribution in [3.63, 3.8) is 0 Å². The summed E-state index contributed by atoms with van der Waals surface area (Å²) >= 11 is 6.93. The fourth-order valence-electron chi connectivity index (χ4n) is 7.20. The highest BCUT2D eigenvalue weighted by Gasteiger charge is 2.29. The van der Waals surface area contributed by atoms with E-state index in [4.69, 9.17) is 16.7 Å². The zero-order valence-electron chi connectivity index (χ0n) is 27.2. The van der Waals surface area contributed by atoms with Crippen LogP contribution >= 0.6 is 11.6 Å². The predicted octanol–water partition coefficient (Wildman–Crippen LogP) is 8.48. The van der Waals surface area contributed by atoms with Gasteiger partial charge in [-0.25, -0.2) is 4.68 Å². The van der Waals surface area contributed by atoms with Gasteiger partial charge in [-0.15, -0.1) is 5.10 Å². The Morgan fingerprint density at radius 2 is 1.77 bits per heavy atom. The fourth-order valence-corrected chi connectivity index (χ4v) is 7.47. The molecule has 0 radical (unpaired) electrons. The van der Waals surface area contributed by atoms with Gasteiger partial charge in [-0.1, -0.05) is 71.4 Å². The molecule has 0 spiro atoms. The number of aromatic nitrogens is 4. The number of hydrogen-bond donors (Lipinski definition) is 2. The van der Waals surface area contributed by atoms with Crippen LogP contribution in [0.15, 0.2) is 79.1 Å².